The van der Waals surface area contributed by atoms with Gasteiger partial charge in [0, 0.05) is 52.9 Å². The summed E-state index contributed by atoms with van der Waals surface area (Å²) in [5.74, 6) is 1.38. The molecule has 2 aromatic carbocycles. The van der Waals surface area contributed by atoms with Crippen molar-refractivity contribution in [2.45, 2.75) is 33.1 Å². The van der Waals surface area contributed by atoms with E-state index in [9.17, 15) is 4.79 Å². The van der Waals surface area contributed by atoms with Gasteiger partial charge in [-0.15, -0.1) is 0 Å². The maximum absolute atomic E-state index is 12.3. The van der Waals surface area contributed by atoms with E-state index >= 15 is 0 Å². The standard InChI is InChI=1S/C28H27N5O/c1-17-14-29-12-11-22(17)19-5-7-20(8-6-19)26-30-15-18(2)25(33-26)32-21-9-10-23-24(13-21)28(3,4)16-31-27(23)34/h5-15H,16H2,1-4H3,(H,31,34)(H,30,32,33). The Morgan fingerprint density at radius 3 is 2.44 bits per heavy atom. The van der Waals surface area contributed by atoms with Crippen molar-refractivity contribution in [2.24, 2.45) is 0 Å². The van der Waals surface area contributed by atoms with Crippen molar-refractivity contribution >= 4 is 17.4 Å². The van der Waals surface area contributed by atoms with Crippen molar-refractivity contribution in [1.82, 2.24) is 20.3 Å². The molecule has 1 aliphatic rings. The first-order valence-corrected chi connectivity index (χ1v) is 11.4. The van der Waals surface area contributed by atoms with Crippen LogP contribution in [-0.2, 0) is 5.41 Å². The van der Waals surface area contributed by atoms with Crippen LogP contribution in [0, 0.1) is 13.8 Å². The van der Waals surface area contributed by atoms with Gasteiger partial charge in [0.2, 0.25) is 0 Å². The van der Waals surface area contributed by atoms with Crippen LogP contribution in [0.2, 0.25) is 0 Å². The maximum atomic E-state index is 12.3. The van der Waals surface area contributed by atoms with Crippen LogP contribution in [0.3, 0.4) is 0 Å². The number of carbonyl (C=O) groups excluding carboxylic acids is 1. The molecular weight excluding hydrogens is 422 g/mol. The van der Waals surface area contributed by atoms with E-state index in [0.29, 0.717) is 12.4 Å². The van der Waals surface area contributed by atoms with E-state index in [2.05, 4.69) is 59.6 Å². The lowest BCUT2D eigenvalue weighted by molar-refractivity contribution is 0.0930. The fourth-order valence-electron chi connectivity index (χ4n) is 4.31. The zero-order valence-corrected chi connectivity index (χ0v) is 19.8. The molecule has 6 heteroatoms. The van der Waals surface area contributed by atoms with Crippen LogP contribution >= 0.6 is 0 Å². The maximum Gasteiger partial charge on any atom is 0.251 e. The zero-order valence-electron chi connectivity index (χ0n) is 19.8. The van der Waals surface area contributed by atoms with E-state index < -0.39 is 0 Å². The summed E-state index contributed by atoms with van der Waals surface area (Å²) in [6, 6.07) is 16.2. The van der Waals surface area contributed by atoms with E-state index in [1.165, 1.54) is 0 Å². The Morgan fingerprint density at radius 2 is 1.68 bits per heavy atom. The Labute approximate surface area is 199 Å². The highest BCUT2D eigenvalue weighted by atomic mass is 16.1. The largest absolute Gasteiger partial charge is 0.351 e. The molecule has 1 amide bonds. The van der Waals surface area contributed by atoms with Gasteiger partial charge in [0.05, 0.1) is 0 Å². The quantitative estimate of drug-likeness (QED) is 0.425. The van der Waals surface area contributed by atoms with Crippen molar-refractivity contribution in [3.63, 3.8) is 0 Å². The topological polar surface area (TPSA) is 79.8 Å². The van der Waals surface area contributed by atoms with Gasteiger partial charge in [-0.1, -0.05) is 38.1 Å². The molecule has 2 N–H and O–H groups in total. The van der Waals surface area contributed by atoms with Gasteiger partial charge in [-0.2, -0.15) is 0 Å². The van der Waals surface area contributed by atoms with E-state index in [0.717, 1.165) is 50.4 Å². The van der Waals surface area contributed by atoms with Gasteiger partial charge in [-0.05, 0) is 60.4 Å². The van der Waals surface area contributed by atoms with Gasteiger partial charge in [-0.3, -0.25) is 9.78 Å². The van der Waals surface area contributed by atoms with E-state index in [1.807, 2.05) is 55.8 Å². The van der Waals surface area contributed by atoms with Gasteiger partial charge < -0.3 is 10.6 Å². The fraction of sp³-hybridized carbons (Fsp3) is 0.214. The van der Waals surface area contributed by atoms with Crippen molar-refractivity contribution in [1.29, 1.82) is 0 Å². The van der Waals surface area contributed by atoms with E-state index in [-0.39, 0.29) is 11.3 Å². The number of fused-ring (bicyclic) bond motifs is 1. The average molecular weight is 450 g/mol. The van der Waals surface area contributed by atoms with Crippen LogP contribution in [0.25, 0.3) is 22.5 Å². The molecule has 34 heavy (non-hydrogen) atoms. The number of carbonyl (C=O) groups is 1. The van der Waals surface area contributed by atoms with Gasteiger partial charge in [-0.25, -0.2) is 9.97 Å². The minimum Gasteiger partial charge on any atom is -0.351 e. The minimum absolute atomic E-state index is 0.0215. The van der Waals surface area contributed by atoms with Gasteiger partial charge >= 0.3 is 0 Å². The van der Waals surface area contributed by atoms with Gasteiger partial charge in [0.15, 0.2) is 5.82 Å². The number of hydrogen-bond acceptors (Lipinski definition) is 5. The van der Waals surface area contributed by atoms with Crippen LogP contribution in [0.5, 0.6) is 0 Å². The molecule has 0 spiro atoms. The predicted molar refractivity (Wildman–Crippen MR) is 135 cm³/mol. The second-order valence-corrected chi connectivity index (χ2v) is 9.45. The lowest BCUT2D eigenvalue weighted by Gasteiger charge is -2.32. The Balaban J connectivity index is 1.44. The minimum atomic E-state index is -0.137. The second-order valence-electron chi connectivity index (χ2n) is 9.45. The predicted octanol–water partition coefficient (Wildman–Crippen LogP) is 5.59. The molecule has 3 heterocycles. The lowest BCUT2D eigenvalue weighted by atomic mass is 9.79. The number of anilines is 2. The molecule has 5 rings (SSSR count). The van der Waals surface area contributed by atoms with E-state index in [1.54, 1.807) is 0 Å². The third-order valence-electron chi connectivity index (χ3n) is 6.39. The Kier molecular flexibility index (Phi) is 5.36. The molecule has 0 fully saturated rings. The summed E-state index contributed by atoms with van der Waals surface area (Å²) in [5, 5.41) is 6.41. The van der Waals surface area contributed by atoms with Gasteiger partial charge in [0.25, 0.3) is 5.91 Å². The first-order chi connectivity index (χ1) is 16.3. The lowest BCUT2D eigenvalue weighted by Crippen LogP contribution is -2.43. The number of pyridine rings is 1. The number of nitrogens with zero attached hydrogens (tertiary/aromatic N) is 3. The van der Waals surface area contributed by atoms with Crippen LogP contribution in [0.1, 0.15) is 40.9 Å². The fourth-order valence-corrected chi connectivity index (χ4v) is 4.31. The number of rotatable bonds is 4. The van der Waals surface area contributed by atoms with Crippen LogP contribution in [0.4, 0.5) is 11.5 Å². The molecule has 0 unspecified atom stereocenters. The average Bonchev–Trinajstić information content (AvgIpc) is 2.84. The van der Waals surface area contributed by atoms with Crippen LogP contribution in [-0.4, -0.2) is 27.4 Å². The molecule has 6 nitrogen and oxygen atoms in total. The Morgan fingerprint density at radius 1 is 0.912 bits per heavy atom. The molecular formula is C28H27N5O. The number of aromatic nitrogens is 3. The molecule has 0 radical (unpaired) electrons. The SMILES string of the molecule is Cc1cnccc1-c1ccc(-c2ncc(C)c(Nc3ccc4c(c3)C(C)(C)CNC4=O)n2)cc1. The van der Waals surface area contributed by atoms with Gasteiger partial charge in [0.1, 0.15) is 5.82 Å². The summed E-state index contributed by atoms with van der Waals surface area (Å²) >= 11 is 0. The smallest absolute Gasteiger partial charge is 0.251 e. The monoisotopic (exact) mass is 449 g/mol. The normalized spacial score (nSPS) is 14.3. The number of amides is 1. The summed E-state index contributed by atoms with van der Waals surface area (Å²) < 4.78 is 0. The second kappa shape index (κ2) is 8.37. The number of benzene rings is 2. The molecule has 0 bridgehead atoms. The highest BCUT2D eigenvalue weighted by molar-refractivity contribution is 5.98. The van der Waals surface area contributed by atoms with Crippen LogP contribution < -0.4 is 10.6 Å². The first-order valence-electron chi connectivity index (χ1n) is 11.4. The summed E-state index contributed by atoms with van der Waals surface area (Å²) in [6.07, 6.45) is 5.52. The summed E-state index contributed by atoms with van der Waals surface area (Å²) in [7, 11) is 0. The molecule has 0 aliphatic carbocycles. The number of nitrogens with one attached hydrogen (secondary N) is 2. The summed E-state index contributed by atoms with van der Waals surface area (Å²) in [4.78, 5) is 25.8. The molecule has 4 aromatic rings. The molecule has 1 aliphatic heterocycles. The van der Waals surface area contributed by atoms with Crippen molar-refractivity contribution in [3.05, 3.63) is 89.4 Å². The molecule has 0 saturated heterocycles. The highest BCUT2D eigenvalue weighted by Gasteiger charge is 2.31. The highest BCUT2D eigenvalue weighted by Crippen LogP contribution is 2.33. The first kappa shape index (κ1) is 21.8. The zero-order chi connectivity index (χ0) is 23.9. The number of hydrogen-bond donors (Lipinski definition) is 2. The Bertz CT molecular complexity index is 1390. The summed E-state index contributed by atoms with van der Waals surface area (Å²) in [5.41, 5.74) is 7.86. The summed E-state index contributed by atoms with van der Waals surface area (Å²) in [6.45, 7) is 8.94. The van der Waals surface area contributed by atoms with Crippen LogP contribution in [0.15, 0.2) is 67.1 Å². The third-order valence-corrected chi connectivity index (χ3v) is 6.39. The van der Waals surface area contributed by atoms with Crippen molar-refractivity contribution in [2.75, 3.05) is 11.9 Å². The molecule has 0 atom stereocenters. The number of aryl methyl sites for hydroxylation is 2. The Hall–Kier alpha value is -4.06. The third kappa shape index (κ3) is 4.03. The van der Waals surface area contributed by atoms with Crippen molar-refractivity contribution < 1.29 is 4.79 Å². The molecule has 170 valence electrons. The molecule has 0 saturated carbocycles. The molecule has 2 aromatic heterocycles. The van der Waals surface area contributed by atoms with Crippen molar-refractivity contribution in [3.8, 4) is 22.5 Å². The van der Waals surface area contributed by atoms with E-state index in [4.69, 9.17) is 4.98 Å².